The molecule has 1 N–H and O–H groups in total. The average molecular weight is 228 g/mol. The van der Waals surface area contributed by atoms with E-state index < -0.39 is 0 Å². The molecule has 3 heteroatoms. The van der Waals surface area contributed by atoms with Gasteiger partial charge >= 0.3 is 0 Å². The minimum atomic E-state index is 0.413. The second kappa shape index (κ2) is 4.72. The molecule has 1 fully saturated rings. The molecule has 88 valence electrons. The number of anilines is 1. The van der Waals surface area contributed by atoms with Crippen LogP contribution in [0, 0.1) is 0 Å². The van der Waals surface area contributed by atoms with Crippen molar-refractivity contribution >= 4 is 16.6 Å². The zero-order chi connectivity index (χ0) is 11.5. The molecule has 2 heterocycles. The van der Waals surface area contributed by atoms with E-state index in [-0.39, 0.29) is 0 Å². The molecule has 2 aromatic rings. The van der Waals surface area contributed by atoms with Crippen LogP contribution in [0.25, 0.3) is 10.9 Å². The van der Waals surface area contributed by atoms with E-state index in [0.29, 0.717) is 6.04 Å². The lowest BCUT2D eigenvalue weighted by atomic mass is 10.1. The molecule has 1 aliphatic heterocycles. The Morgan fingerprint density at radius 2 is 2.18 bits per heavy atom. The van der Waals surface area contributed by atoms with E-state index in [1.807, 2.05) is 12.3 Å². The van der Waals surface area contributed by atoms with Gasteiger partial charge < -0.3 is 10.1 Å². The minimum absolute atomic E-state index is 0.413. The van der Waals surface area contributed by atoms with Gasteiger partial charge in [0.2, 0.25) is 0 Å². The highest BCUT2D eigenvalue weighted by Gasteiger charge is 2.14. The first-order valence-electron chi connectivity index (χ1n) is 6.11. The van der Waals surface area contributed by atoms with E-state index >= 15 is 0 Å². The smallest absolute Gasteiger partial charge is 0.0933 e. The molecule has 1 unspecified atom stereocenters. The maximum atomic E-state index is 5.48. The van der Waals surface area contributed by atoms with Crippen molar-refractivity contribution in [3.63, 3.8) is 0 Å². The predicted octanol–water partition coefficient (Wildman–Crippen LogP) is 2.83. The summed E-state index contributed by atoms with van der Waals surface area (Å²) in [6.45, 7) is 1.69. The Hall–Kier alpha value is -1.61. The molecule has 3 nitrogen and oxygen atoms in total. The first kappa shape index (κ1) is 10.5. The van der Waals surface area contributed by atoms with Crippen LogP contribution in [0.2, 0.25) is 0 Å². The third-order valence-electron chi connectivity index (χ3n) is 3.15. The van der Waals surface area contributed by atoms with Crippen LogP contribution in [-0.4, -0.2) is 24.2 Å². The number of rotatable bonds is 2. The largest absolute Gasteiger partial charge is 0.379 e. The van der Waals surface area contributed by atoms with Crippen molar-refractivity contribution in [2.45, 2.75) is 18.9 Å². The van der Waals surface area contributed by atoms with Crippen molar-refractivity contribution in [1.82, 2.24) is 4.98 Å². The fourth-order valence-electron chi connectivity index (χ4n) is 2.30. The number of hydrogen-bond acceptors (Lipinski definition) is 3. The molecule has 1 atom stereocenters. The lowest BCUT2D eigenvalue weighted by Crippen LogP contribution is -2.30. The summed E-state index contributed by atoms with van der Waals surface area (Å²) in [6.07, 6.45) is 4.14. The number of ether oxygens (including phenoxy) is 1. The molecule has 1 saturated heterocycles. The Labute approximate surface area is 101 Å². The SMILES string of the molecule is c1cnc2c(NC3CCCOC3)cccc2c1. The Kier molecular flexibility index (Phi) is 2.92. The highest BCUT2D eigenvalue weighted by atomic mass is 16.5. The molecule has 0 bridgehead atoms. The third-order valence-corrected chi connectivity index (χ3v) is 3.15. The van der Waals surface area contributed by atoms with Crippen LogP contribution in [0.4, 0.5) is 5.69 Å². The van der Waals surface area contributed by atoms with E-state index in [9.17, 15) is 0 Å². The standard InChI is InChI=1S/C14H16N2O/c1-4-11-5-2-8-15-14(11)13(7-1)16-12-6-3-9-17-10-12/h1-2,4-5,7-8,12,16H,3,6,9-10H2. The summed E-state index contributed by atoms with van der Waals surface area (Å²) in [5.41, 5.74) is 2.15. The van der Waals surface area contributed by atoms with Gasteiger partial charge in [0, 0.05) is 24.2 Å². The highest BCUT2D eigenvalue weighted by molar-refractivity contribution is 5.90. The van der Waals surface area contributed by atoms with Gasteiger partial charge in [0.1, 0.15) is 0 Å². The number of para-hydroxylation sites is 1. The lowest BCUT2D eigenvalue weighted by molar-refractivity contribution is 0.0876. The van der Waals surface area contributed by atoms with E-state index in [1.54, 1.807) is 0 Å². The zero-order valence-electron chi connectivity index (χ0n) is 9.73. The van der Waals surface area contributed by atoms with E-state index in [1.165, 1.54) is 11.8 Å². The Bertz CT molecular complexity index is 501. The maximum Gasteiger partial charge on any atom is 0.0933 e. The summed E-state index contributed by atoms with van der Waals surface area (Å²) in [5, 5.41) is 4.71. The molecule has 3 rings (SSSR count). The van der Waals surface area contributed by atoms with Crippen LogP contribution in [0.3, 0.4) is 0 Å². The molecule has 0 radical (unpaired) electrons. The zero-order valence-corrected chi connectivity index (χ0v) is 9.73. The van der Waals surface area contributed by atoms with Gasteiger partial charge in [-0.25, -0.2) is 0 Å². The third kappa shape index (κ3) is 2.24. The average Bonchev–Trinajstić information content (AvgIpc) is 2.40. The van der Waals surface area contributed by atoms with Crippen LogP contribution in [0.15, 0.2) is 36.5 Å². The van der Waals surface area contributed by atoms with Crippen LogP contribution in [0.1, 0.15) is 12.8 Å². The summed E-state index contributed by atoms with van der Waals surface area (Å²) < 4.78 is 5.48. The van der Waals surface area contributed by atoms with Crippen LogP contribution < -0.4 is 5.32 Å². The van der Waals surface area contributed by atoms with E-state index in [4.69, 9.17) is 4.74 Å². The van der Waals surface area contributed by atoms with Crippen molar-refractivity contribution in [3.8, 4) is 0 Å². The summed E-state index contributed by atoms with van der Waals surface area (Å²) in [7, 11) is 0. The maximum absolute atomic E-state index is 5.48. The number of nitrogens with zero attached hydrogens (tertiary/aromatic N) is 1. The van der Waals surface area contributed by atoms with Gasteiger partial charge in [-0.05, 0) is 25.0 Å². The normalized spacial score (nSPS) is 20.4. The molecule has 1 aromatic carbocycles. The summed E-state index contributed by atoms with van der Waals surface area (Å²) in [4.78, 5) is 4.44. The molecular weight excluding hydrogens is 212 g/mol. The van der Waals surface area contributed by atoms with Crippen molar-refractivity contribution in [1.29, 1.82) is 0 Å². The minimum Gasteiger partial charge on any atom is -0.379 e. The first-order valence-corrected chi connectivity index (χ1v) is 6.11. The first-order chi connectivity index (χ1) is 8.43. The Balaban J connectivity index is 1.89. The quantitative estimate of drug-likeness (QED) is 0.858. The van der Waals surface area contributed by atoms with Gasteiger partial charge in [0.25, 0.3) is 0 Å². The molecule has 0 amide bonds. The summed E-state index contributed by atoms with van der Waals surface area (Å²) in [5.74, 6) is 0. The number of nitrogens with one attached hydrogen (secondary N) is 1. The molecule has 1 aromatic heterocycles. The van der Waals surface area contributed by atoms with Crippen LogP contribution >= 0.6 is 0 Å². The monoisotopic (exact) mass is 228 g/mol. The number of fused-ring (bicyclic) bond motifs is 1. The molecule has 1 aliphatic rings. The lowest BCUT2D eigenvalue weighted by Gasteiger charge is -2.24. The van der Waals surface area contributed by atoms with Crippen LogP contribution in [-0.2, 0) is 4.74 Å². The van der Waals surface area contributed by atoms with Gasteiger partial charge in [0.05, 0.1) is 17.8 Å². The van der Waals surface area contributed by atoms with Crippen molar-refractivity contribution < 1.29 is 4.74 Å². The molecule has 0 spiro atoms. The van der Waals surface area contributed by atoms with Crippen LogP contribution in [0.5, 0.6) is 0 Å². The van der Waals surface area contributed by atoms with E-state index in [0.717, 1.165) is 30.8 Å². The van der Waals surface area contributed by atoms with Gasteiger partial charge in [0.15, 0.2) is 0 Å². The van der Waals surface area contributed by atoms with Gasteiger partial charge in [-0.2, -0.15) is 0 Å². The fourth-order valence-corrected chi connectivity index (χ4v) is 2.30. The molecule has 17 heavy (non-hydrogen) atoms. The predicted molar refractivity (Wildman–Crippen MR) is 69.2 cm³/mol. The van der Waals surface area contributed by atoms with Crippen molar-refractivity contribution in [2.24, 2.45) is 0 Å². The Morgan fingerprint density at radius 1 is 1.24 bits per heavy atom. The molecule has 0 aliphatic carbocycles. The van der Waals surface area contributed by atoms with Crippen molar-refractivity contribution in [3.05, 3.63) is 36.5 Å². The molecular formula is C14H16N2O. The van der Waals surface area contributed by atoms with Gasteiger partial charge in [-0.1, -0.05) is 18.2 Å². The van der Waals surface area contributed by atoms with Gasteiger partial charge in [-0.3, -0.25) is 4.98 Å². The topological polar surface area (TPSA) is 34.2 Å². The fraction of sp³-hybridized carbons (Fsp3) is 0.357. The van der Waals surface area contributed by atoms with Gasteiger partial charge in [-0.15, -0.1) is 0 Å². The Morgan fingerprint density at radius 3 is 3.06 bits per heavy atom. The van der Waals surface area contributed by atoms with E-state index in [2.05, 4.69) is 34.6 Å². The number of aromatic nitrogens is 1. The van der Waals surface area contributed by atoms with Crippen molar-refractivity contribution in [2.75, 3.05) is 18.5 Å². The summed E-state index contributed by atoms with van der Waals surface area (Å²) in [6, 6.07) is 10.7. The highest BCUT2D eigenvalue weighted by Crippen LogP contribution is 2.22. The second-order valence-corrected chi connectivity index (χ2v) is 4.44. The number of hydrogen-bond donors (Lipinski definition) is 1. The summed E-state index contributed by atoms with van der Waals surface area (Å²) >= 11 is 0. The number of benzene rings is 1. The second-order valence-electron chi connectivity index (χ2n) is 4.44. The molecule has 0 saturated carbocycles. The number of pyridine rings is 1.